The van der Waals surface area contributed by atoms with Crippen LogP contribution in [0.15, 0.2) is 28.8 Å². The highest BCUT2D eigenvalue weighted by Crippen LogP contribution is 2.16. The number of ether oxygens (including phenoxy) is 1. The van der Waals surface area contributed by atoms with E-state index in [-0.39, 0.29) is 5.97 Å². The number of nitrogens with zero attached hydrogens (tertiary/aromatic N) is 1. The standard InChI is InChI=1S/C14H16N2O3/c1-9-13(10(2)19-16-9)8-15-12-6-4-11(5-7-12)14(17)18-3/h4-7,15H,8H2,1-3H3. The average molecular weight is 260 g/mol. The summed E-state index contributed by atoms with van der Waals surface area (Å²) >= 11 is 0. The van der Waals surface area contributed by atoms with Crippen LogP contribution in [0.25, 0.3) is 0 Å². The number of aromatic nitrogens is 1. The number of nitrogens with one attached hydrogen (secondary N) is 1. The van der Waals surface area contributed by atoms with E-state index in [1.165, 1.54) is 7.11 Å². The predicted molar refractivity (Wildman–Crippen MR) is 71.1 cm³/mol. The van der Waals surface area contributed by atoms with E-state index < -0.39 is 0 Å². The van der Waals surface area contributed by atoms with Gasteiger partial charge in [0.25, 0.3) is 0 Å². The summed E-state index contributed by atoms with van der Waals surface area (Å²) in [7, 11) is 1.37. The Morgan fingerprint density at radius 2 is 2.00 bits per heavy atom. The van der Waals surface area contributed by atoms with Crippen LogP contribution < -0.4 is 5.32 Å². The van der Waals surface area contributed by atoms with E-state index in [9.17, 15) is 4.79 Å². The van der Waals surface area contributed by atoms with Crippen LogP contribution in [-0.4, -0.2) is 18.2 Å². The fourth-order valence-electron chi connectivity index (χ4n) is 1.79. The van der Waals surface area contributed by atoms with Crippen molar-refractivity contribution in [1.29, 1.82) is 0 Å². The molecule has 100 valence electrons. The molecule has 19 heavy (non-hydrogen) atoms. The Bertz CT molecular complexity index is 553. The quantitative estimate of drug-likeness (QED) is 0.856. The number of benzene rings is 1. The lowest BCUT2D eigenvalue weighted by atomic mass is 10.2. The van der Waals surface area contributed by atoms with E-state index in [2.05, 4.69) is 15.2 Å². The first kappa shape index (κ1) is 13.1. The maximum Gasteiger partial charge on any atom is 0.337 e. The van der Waals surface area contributed by atoms with Crippen LogP contribution in [0.4, 0.5) is 5.69 Å². The molecule has 0 saturated carbocycles. The highest BCUT2D eigenvalue weighted by Gasteiger charge is 2.09. The Balaban J connectivity index is 2.03. The highest BCUT2D eigenvalue weighted by atomic mass is 16.5. The summed E-state index contributed by atoms with van der Waals surface area (Å²) in [5.74, 6) is 0.480. The number of hydrogen-bond donors (Lipinski definition) is 1. The molecule has 0 saturated heterocycles. The third kappa shape index (κ3) is 2.93. The maximum atomic E-state index is 11.3. The fourth-order valence-corrected chi connectivity index (χ4v) is 1.79. The molecule has 0 amide bonds. The molecule has 2 rings (SSSR count). The van der Waals surface area contributed by atoms with Crippen molar-refractivity contribution in [2.75, 3.05) is 12.4 Å². The summed E-state index contributed by atoms with van der Waals surface area (Å²) in [6.45, 7) is 4.43. The van der Waals surface area contributed by atoms with Gasteiger partial charge in [0.05, 0.1) is 18.4 Å². The largest absolute Gasteiger partial charge is 0.465 e. The summed E-state index contributed by atoms with van der Waals surface area (Å²) < 4.78 is 9.74. The molecular weight excluding hydrogens is 244 g/mol. The van der Waals surface area contributed by atoms with Gasteiger partial charge < -0.3 is 14.6 Å². The molecule has 1 aromatic carbocycles. The Labute approximate surface area is 111 Å². The molecule has 0 aliphatic rings. The van der Waals surface area contributed by atoms with E-state index in [1.807, 2.05) is 26.0 Å². The predicted octanol–water partition coefficient (Wildman–Crippen LogP) is 2.69. The molecule has 0 aliphatic carbocycles. The molecule has 0 spiro atoms. The molecule has 2 aromatic rings. The Hall–Kier alpha value is -2.30. The number of anilines is 1. The van der Waals surface area contributed by atoms with Gasteiger partial charge in [-0.3, -0.25) is 0 Å². The van der Waals surface area contributed by atoms with Crippen LogP contribution in [0.1, 0.15) is 27.4 Å². The topological polar surface area (TPSA) is 64.4 Å². The zero-order chi connectivity index (χ0) is 13.8. The second-order valence-electron chi connectivity index (χ2n) is 4.23. The Kier molecular flexibility index (Phi) is 3.85. The molecule has 5 nitrogen and oxygen atoms in total. The van der Waals surface area contributed by atoms with Gasteiger partial charge in [0.2, 0.25) is 0 Å². The van der Waals surface area contributed by atoms with Crippen molar-refractivity contribution in [3.63, 3.8) is 0 Å². The van der Waals surface area contributed by atoms with Crippen molar-refractivity contribution >= 4 is 11.7 Å². The third-order valence-corrected chi connectivity index (χ3v) is 2.96. The van der Waals surface area contributed by atoms with Gasteiger partial charge in [-0.05, 0) is 38.1 Å². The van der Waals surface area contributed by atoms with E-state index in [1.54, 1.807) is 12.1 Å². The fraction of sp³-hybridized carbons (Fsp3) is 0.286. The Morgan fingerprint density at radius 3 is 2.53 bits per heavy atom. The Morgan fingerprint density at radius 1 is 1.32 bits per heavy atom. The van der Waals surface area contributed by atoms with Gasteiger partial charge in [-0.25, -0.2) is 4.79 Å². The monoisotopic (exact) mass is 260 g/mol. The summed E-state index contributed by atoms with van der Waals surface area (Å²) in [6.07, 6.45) is 0. The van der Waals surface area contributed by atoms with Crippen LogP contribution in [0.2, 0.25) is 0 Å². The van der Waals surface area contributed by atoms with Crippen molar-refractivity contribution in [3.05, 3.63) is 46.8 Å². The van der Waals surface area contributed by atoms with Crippen molar-refractivity contribution in [1.82, 2.24) is 5.16 Å². The number of esters is 1. The third-order valence-electron chi connectivity index (χ3n) is 2.96. The minimum atomic E-state index is -0.336. The second-order valence-corrected chi connectivity index (χ2v) is 4.23. The average Bonchev–Trinajstić information content (AvgIpc) is 2.75. The first-order chi connectivity index (χ1) is 9.11. The molecule has 0 fully saturated rings. The van der Waals surface area contributed by atoms with Gasteiger partial charge in [0.15, 0.2) is 0 Å². The molecule has 1 heterocycles. The smallest absolute Gasteiger partial charge is 0.337 e. The number of aryl methyl sites for hydroxylation is 2. The van der Waals surface area contributed by atoms with Crippen LogP contribution in [0, 0.1) is 13.8 Å². The first-order valence-corrected chi connectivity index (χ1v) is 5.96. The van der Waals surface area contributed by atoms with E-state index in [0.29, 0.717) is 12.1 Å². The van der Waals surface area contributed by atoms with Gasteiger partial charge in [0, 0.05) is 17.8 Å². The van der Waals surface area contributed by atoms with Crippen LogP contribution in [0.5, 0.6) is 0 Å². The number of rotatable bonds is 4. The maximum absolute atomic E-state index is 11.3. The highest BCUT2D eigenvalue weighted by molar-refractivity contribution is 5.89. The molecule has 0 aliphatic heterocycles. The van der Waals surface area contributed by atoms with Crippen LogP contribution in [0.3, 0.4) is 0 Å². The zero-order valence-electron chi connectivity index (χ0n) is 11.2. The molecule has 1 N–H and O–H groups in total. The van der Waals surface area contributed by atoms with Crippen molar-refractivity contribution < 1.29 is 14.1 Å². The normalized spacial score (nSPS) is 10.3. The summed E-state index contributed by atoms with van der Waals surface area (Å²) in [6, 6.07) is 7.12. The lowest BCUT2D eigenvalue weighted by Crippen LogP contribution is -2.03. The summed E-state index contributed by atoms with van der Waals surface area (Å²) in [4.78, 5) is 11.3. The first-order valence-electron chi connectivity index (χ1n) is 5.96. The number of carbonyl (C=O) groups excluding carboxylic acids is 1. The van der Waals surface area contributed by atoms with Crippen molar-refractivity contribution in [2.24, 2.45) is 0 Å². The van der Waals surface area contributed by atoms with E-state index in [4.69, 9.17) is 4.52 Å². The van der Waals surface area contributed by atoms with Crippen LogP contribution >= 0.6 is 0 Å². The molecule has 0 unspecified atom stereocenters. The minimum Gasteiger partial charge on any atom is -0.465 e. The van der Waals surface area contributed by atoms with Gasteiger partial charge in [-0.2, -0.15) is 0 Å². The molecule has 1 aromatic heterocycles. The molecule has 0 radical (unpaired) electrons. The second kappa shape index (κ2) is 5.56. The van der Waals surface area contributed by atoms with Crippen molar-refractivity contribution in [3.8, 4) is 0 Å². The lowest BCUT2D eigenvalue weighted by Gasteiger charge is -2.06. The number of methoxy groups -OCH3 is 1. The van der Waals surface area contributed by atoms with E-state index in [0.717, 1.165) is 22.7 Å². The summed E-state index contributed by atoms with van der Waals surface area (Å²) in [5.41, 5.74) is 3.39. The molecule has 0 bridgehead atoms. The van der Waals surface area contributed by atoms with Gasteiger partial charge in [-0.15, -0.1) is 0 Å². The molecular formula is C14H16N2O3. The SMILES string of the molecule is COC(=O)c1ccc(NCc2c(C)noc2C)cc1. The van der Waals surface area contributed by atoms with Gasteiger partial charge in [0.1, 0.15) is 5.76 Å². The lowest BCUT2D eigenvalue weighted by molar-refractivity contribution is 0.0601. The van der Waals surface area contributed by atoms with E-state index >= 15 is 0 Å². The molecule has 5 heteroatoms. The molecule has 0 atom stereocenters. The van der Waals surface area contributed by atoms with Crippen LogP contribution in [-0.2, 0) is 11.3 Å². The number of hydrogen-bond acceptors (Lipinski definition) is 5. The van der Waals surface area contributed by atoms with Gasteiger partial charge in [-0.1, -0.05) is 5.16 Å². The number of carbonyl (C=O) groups is 1. The summed E-state index contributed by atoms with van der Waals surface area (Å²) in [5, 5.41) is 7.16. The zero-order valence-corrected chi connectivity index (χ0v) is 11.2. The minimum absolute atomic E-state index is 0.336. The van der Waals surface area contributed by atoms with Crippen molar-refractivity contribution in [2.45, 2.75) is 20.4 Å². The van der Waals surface area contributed by atoms with Gasteiger partial charge >= 0.3 is 5.97 Å².